The van der Waals surface area contributed by atoms with Crippen molar-refractivity contribution in [1.82, 2.24) is 9.38 Å². The highest BCUT2D eigenvalue weighted by Gasteiger charge is 2.25. The first-order valence-electron chi connectivity index (χ1n) is 11.3. The van der Waals surface area contributed by atoms with E-state index in [0.29, 0.717) is 0 Å². The zero-order valence-electron chi connectivity index (χ0n) is 17.9. The number of pyridine rings is 1. The quantitative estimate of drug-likeness (QED) is 0.433. The highest BCUT2D eigenvalue weighted by Crippen LogP contribution is 2.35. The Balaban J connectivity index is 1.82. The summed E-state index contributed by atoms with van der Waals surface area (Å²) in [5, 5.41) is 9.97. The molecule has 29 heavy (non-hydrogen) atoms. The molecule has 1 aliphatic rings. The van der Waals surface area contributed by atoms with Crippen LogP contribution in [0.4, 0.5) is 5.82 Å². The van der Waals surface area contributed by atoms with E-state index in [0.717, 1.165) is 47.3 Å². The number of anilines is 1. The van der Waals surface area contributed by atoms with Gasteiger partial charge in [0.25, 0.3) is 0 Å². The van der Waals surface area contributed by atoms with Crippen LogP contribution in [0.25, 0.3) is 16.7 Å². The maximum atomic E-state index is 9.97. The number of aromatic nitrogens is 2. The second kappa shape index (κ2) is 8.86. The van der Waals surface area contributed by atoms with Crippen molar-refractivity contribution in [3.8, 4) is 6.07 Å². The number of para-hydroxylation sites is 2. The van der Waals surface area contributed by atoms with Crippen LogP contribution in [0.5, 0.6) is 0 Å². The number of rotatable bonds is 8. The van der Waals surface area contributed by atoms with E-state index in [1.807, 2.05) is 6.07 Å². The van der Waals surface area contributed by atoms with Crippen molar-refractivity contribution < 1.29 is 0 Å². The van der Waals surface area contributed by atoms with Gasteiger partial charge in [-0.05, 0) is 55.9 Å². The summed E-state index contributed by atoms with van der Waals surface area (Å²) in [4.78, 5) is 7.39. The van der Waals surface area contributed by atoms with Crippen LogP contribution in [0, 0.1) is 18.3 Å². The predicted octanol–water partition coefficient (Wildman–Crippen LogP) is 6.17. The topological polar surface area (TPSA) is 44.3 Å². The van der Waals surface area contributed by atoms with Gasteiger partial charge < -0.3 is 4.90 Å². The van der Waals surface area contributed by atoms with E-state index in [1.165, 1.54) is 62.7 Å². The lowest BCUT2D eigenvalue weighted by atomic mass is 9.98. The van der Waals surface area contributed by atoms with E-state index in [9.17, 15) is 5.26 Å². The molecular formula is C25H32N4. The van der Waals surface area contributed by atoms with Crippen molar-refractivity contribution in [2.75, 3.05) is 18.0 Å². The molecule has 0 atom stereocenters. The number of nitriles is 1. The molecule has 1 aliphatic heterocycles. The Bertz CT molecular complexity index is 1030. The first kappa shape index (κ1) is 19.8. The summed E-state index contributed by atoms with van der Waals surface area (Å²) in [5.74, 6) is 1.29. The Morgan fingerprint density at radius 3 is 2.52 bits per heavy atom. The fourth-order valence-corrected chi connectivity index (χ4v) is 4.81. The van der Waals surface area contributed by atoms with E-state index in [-0.39, 0.29) is 0 Å². The molecule has 152 valence electrons. The van der Waals surface area contributed by atoms with Gasteiger partial charge in [-0.2, -0.15) is 5.26 Å². The van der Waals surface area contributed by atoms with Gasteiger partial charge in [-0.15, -0.1) is 0 Å². The SMILES string of the molecule is CCCCCCCCc1c(C)c(C#N)c2nc3ccccc3n2c1N1CCCC1. The second-order valence-corrected chi connectivity index (χ2v) is 8.39. The Morgan fingerprint density at radius 2 is 1.76 bits per heavy atom. The molecule has 1 aromatic carbocycles. The average molecular weight is 389 g/mol. The highest BCUT2D eigenvalue weighted by molar-refractivity contribution is 5.86. The van der Waals surface area contributed by atoms with Crippen molar-refractivity contribution in [3.05, 3.63) is 41.0 Å². The smallest absolute Gasteiger partial charge is 0.157 e. The minimum atomic E-state index is 0.741. The summed E-state index contributed by atoms with van der Waals surface area (Å²) in [5.41, 5.74) is 6.14. The zero-order chi connectivity index (χ0) is 20.2. The molecule has 0 N–H and O–H groups in total. The molecule has 4 heteroatoms. The fraction of sp³-hybridized carbons (Fsp3) is 0.520. The van der Waals surface area contributed by atoms with Gasteiger partial charge in [0.05, 0.1) is 16.6 Å². The molecule has 1 saturated heterocycles. The third-order valence-electron chi connectivity index (χ3n) is 6.39. The van der Waals surface area contributed by atoms with E-state index in [2.05, 4.69) is 47.4 Å². The van der Waals surface area contributed by atoms with E-state index < -0.39 is 0 Å². The van der Waals surface area contributed by atoms with Crippen LogP contribution >= 0.6 is 0 Å². The Morgan fingerprint density at radius 1 is 1.03 bits per heavy atom. The lowest BCUT2D eigenvalue weighted by molar-refractivity contribution is 0.606. The van der Waals surface area contributed by atoms with Gasteiger partial charge in [0.1, 0.15) is 11.9 Å². The molecule has 0 saturated carbocycles. The number of fused-ring (bicyclic) bond motifs is 3. The predicted molar refractivity (Wildman–Crippen MR) is 121 cm³/mol. The number of hydrogen-bond donors (Lipinski definition) is 0. The Hall–Kier alpha value is -2.54. The molecule has 3 heterocycles. The largest absolute Gasteiger partial charge is 0.357 e. The van der Waals surface area contributed by atoms with E-state index >= 15 is 0 Å². The van der Waals surface area contributed by atoms with Gasteiger partial charge in [-0.25, -0.2) is 4.98 Å². The standard InChI is InChI=1S/C25H32N4/c1-3-4-5-6-7-8-13-20-19(2)21(18-26)24-27-22-14-9-10-15-23(22)29(24)25(20)28-16-11-12-17-28/h9-10,14-15H,3-8,11-13,16-17H2,1-2H3. The van der Waals surface area contributed by atoms with Crippen LogP contribution in [-0.4, -0.2) is 22.5 Å². The van der Waals surface area contributed by atoms with Crippen LogP contribution in [-0.2, 0) is 6.42 Å². The number of nitrogens with zero attached hydrogens (tertiary/aromatic N) is 4. The van der Waals surface area contributed by atoms with Crippen LogP contribution in [0.3, 0.4) is 0 Å². The molecule has 0 aliphatic carbocycles. The van der Waals surface area contributed by atoms with Crippen LogP contribution in [0.1, 0.15) is 75.0 Å². The highest BCUT2D eigenvalue weighted by atomic mass is 15.2. The lowest BCUT2D eigenvalue weighted by Crippen LogP contribution is -2.23. The second-order valence-electron chi connectivity index (χ2n) is 8.39. The van der Waals surface area contributed by atoms with Gasteiger partial charge in [-0.1, -0.05) is 51.2 Å². The maximum absolute atomic E-state index is 9.97. The minimum Gasteiger partial charge on any atom is -0.357 e. The van der Waals surface area contributed by atoms with Crippen molar-refractivity contribution in [2.45, 2.75) is 71.6 Å². The van der Waals surface area contributed by atoms with Crippen molar-refractivity contribution in [2.24, 2.45) is 0 Å². The average Bonchev–Trinajstić information content (AvgIpc) is 3.39. The molecule has 1 fully saturated rings. The monoisotopic (exact) mass is 388 g/mol. The Labute approximate surface area is 174 Å². The fourth-order valence-electron chi connectivity index (χ4n) is 4.81. The Kier molecular flexibility index (Phi) is 6.04. The summed E-state index contributed by atoms with van der Waals surface area (Å²) in [6.07, 6.45) is 11.3. The first-order valence-corrected chi connectivity index (χ1v) is 11.3. The third kappa shape index (κ3) is 3.71. The first-order chi connectivity index (χ1) is 14.3. The summed E-state index contributed by atoms with van der Waals surface area (Å²) in [7, 11) is 0. The molecule has 4 rings (SSSR count). The number of unbranched alkanes of at least 4 members (excludes halogenated alkanes) is 5. The third-order valence-corrected chi connectivity index (χ3v) is 6.39. The summed E-state index contributed by atoms with van der Waals surface area (Å²) in [6.45, 7) is 6.58. The summed E-state index contributed by atoms with van der Waals surface area (Å²) in [6, 6.07) is 10.8. The zero-order valence-corrected chi connectivity index (χ0v) is 17.9. The minimum absolute atomic E-state index is 0.741. The molecule has 0 bridgehead atoms. The summed E-state index contributed by atoms with van der Waals surface area (Å²) >= 11 is 0. The van der Waals surface area contributed by atoms with Gasteiger partial charge in [0.15, 0.2) is 5.65 Å². The van der Waals surface area contributed by atoms with Crippen molar-refractivity contribution in [1.29, 1.82) is 5.26 Å². The number of benzene rings is 1. The molecular weight excluding hydrogens is 356 g/mol. The summed E-state index contributed by atoms with van der Waals surface area (Å²) < 4.78 is 2.28. The molecule has 0 unspecified atom stereocenters. The number of hydrogen-bond acceptors (Lipinski definition) is 3. The van der Waals surface area contributed by atoms with Crippen molar-refractivity contribution in [3.63, 3.8) is 0 Å². The maximum Gasteiger partial charge on any atom is 0.157 e. The van der Waals surface area contributed by atoms with Crippen LogP contribution in [0.15, 0.2) is 24.3 Å². The molecule has 3 aromatic rings. The molecule has 4 nitrogen and oxygen atoms in total. The molecule has 0 radical (unpaired) electrons. The van der Waals surface area contributed by atoms with Gasteiger partial charge in [0, 0.05) is 13.1 Å². The van der Waals surface area contributed by atoms with Gasteiger partial charge in [0.2, 0.25) is 0 Å². The molecule has 0 spiro atoms. The lowest BCUT2D eigenvalue weighted by Gasteiger charge is -2.25. The van der Waals surface area contributed by atoms with Crippen LogP contribution < -0.4 is 4.90 Å². The van der Waals surface area contributed by atoms with Crippen LogP contribution in [0.2, 0.25) is 0 Å². The van der Waals surface area contributed by atoms with Gasteiger partial charge in [-0.3, -0.25) is 4.40 Å². The van der Waals surface area contributed by atoms with E-state index in [4.69, 9.17) is 4.98 Å². The van der Waals surface area contributed by atoms with Gasteiger partial charge >= 0.3 is 0 Å². The van der Waals surface area contributed by atoms with E-state index in [1.54, 1.807) is 0 Å². The molecule has 0 amide bonds. The normalized spacial score (nSPS) is 14.2. The number of imidazole rings is 1. The molecule has 2 aromatic heterocycles. The van der Waals surface area contributed by atoms with Crippen molar-refractivity contribution >= 4 is 22.5 Å².